The first-order valence-corrected chi connectivity index (χ1v) is 7.81. The molecule has 3 heterocycles. The van der Waals surface area contributed by atoms with Crippen molar-refractivity contribution in [3.05, 3.63) is 59.4 Å². The zero-order chi connectivity index (χ0) is 16.1. The summed E-state index contributed by atoms with van der Waals surface area (Å²) >= 11 is 0. The number of furan rings is 1. The molecule has 0 unspecified atom stereocenters. The lowest BCUT2D eigenvalue weighted by molar-refractivity contribution is -0.660. The van der Waals surface area contributed by atoms with Gasteiger partial charge in [-0.25, -0.2) is 9.55 Å². The standard InChI is InChI=1S/C20H19N2O/c1-12-9-10-22(4)17(11-12)18-13(2)5-7-15-16-8-6-14(3)21-20(16)23-19(15)18/h5-11H,1-4H3/q+1. The van der Waals surface area contributed by atoms with Crippen LogP contribution in [0.15, 0.2) is 47.0 Å². The van der Waals surface area contributed by atoms with Gasteiger partial charge in [-0.15, -0.1) is 0 Å². The summed E-state index contributed by atoms with van der Waals surface area (Å²) in [6, 6.07) is 12.7. The van der Waals surface area contributed by atoms with E-state index in [0.717, 1.165) is 33.3 Å². The van der Waals surface area contributed by atoms with Crippen molar-refractivity contribution in [2.45, 2.75) is 20.8 Å². The van der Waals surface area contributed by atoms with Crippen LogP contribution in [0.1, 0.15) is 16.8 Å². The molecule has 0 spiro atoms. The second kappa shape index (κ2) is 4.92. The molecule has 0 aliphatic rings. The Kier molecular flexibility index (Phi) is 2.98. The van der Waals surface area contributed by atoms with E-state index in [9.17, 15) is 0 Å². The predicted molar refractivity (Wildman–Crippen MR) is 92.3 cm³/mol. The summed E-state index contributed by atoms with van der Waals surface area (Å²) in [5.74, 6) is 0. The molecule has 0 N–H and O–H groups in total. The van der Waals surface area contributed by atoms with Gasteiger partial charge < -0.3 is 4.42 Å². The second-order valence-electron chi connectivity index (χ2n) is 6.24. The highest BCUT2D eigenvalue weighted by atomic mass is 16.3. The summed E-state index contributed by atoms with van der Waals surface area (Å²) in [7, 11) is 2.07. The van der Waals surface area contributed by atoms with Gasteiger partial charge in [0.1, 0.15) is 7.05 Å². The van der Waals surface area contributed by atoms with Crippen LogP contribution >= 0.6 is 0 Å². The molecule has 4 rings (SSSR count). The molecule has 114 valence electrons. The fourth-order valence-electron chi connectivity index (χ4n) is 3.15. The van der Waals surface area contributed by atoms with Crippen molar-refractivity contribution in [2.75, 3.05) is 0 Å². The number of aromatic nitrogens is 2. The molecule has 0 radical (unpaired) electrons. The van der Waals surface area contributed by atoms with Crippen LogP contribution in [0.5, 0.6) is 0 Å². The van der Waals surface area contributed by atoms with Crippen molar-refractivity contribution in [3.63, 3.8) is 0 Å². The van der Waals surface area contributed by atoms with Crippen molar-refractivity contribution in [1.29, 1.82) is 0 Å². The Labute approximate surface area is 135 Å². The van der Waals surface area contributed by atoms with E-state index in [1.54, 1.807) is 0 Å². The quantitative estimate of drug-likeness (QED) is 0.488. The number of hydrogen-bond acceptors (Lipinski definition) is 2. The number of aryl methyl sites for hydroxylation is 4. The second-order valence-corrected chi connectivity index (χ2v) is 6.24. The van der Waals surface area contributed by atoms with Gasteiger partial charge in [-0.1, -0.05) is 12.1 Å². The van der Waals surface area contributed by atoms with Gasteiger partial charge in [0, 0.05) is 28.6 Å². The maximum absolute atomic E-state index is 6.17. The molecule has 0 atom stereocenters. The SMILES string of the molecule is Cc1cc[n+](C)c(-c2c(C)ccc3c2oc2nc(C)ccc23)c1. The molecule has 3 nitrogen and oxygen atoms in total. The molecule has 0 bridgehead atoms. The number of pyridine rings is 2. The third kappa shape index (κ3) is 2.12. The van der Waals surface area contributed by atoms with Crippen molar-refractivity contribution in [3.8, 4) is 11.3 Å². The molecular formula is C20H19N2O+. The van der Waals surface area contributed by atoms with E-state index in [1.165, 1.54) is 11.1 Å². The third-order valence-electron chi connectivity index (χ3n) is 4.42. The summed E-state index contributed by atoms with van der Waals surface area (Å²) in [5, 5.41) is 2.19. The predicted octanol–water partition coefficient (Wildman–Crippen LogP) is 4.40. The first kappa shape index (κ1) is 13.9. The molecule has 0 aliphatic heterocycles. The molecule has 0 saturated heterocycles. The minimum Gasteiger partial charge on any atom is -0.437 e. The Morgan fingerprint density at radius 2 is 1.74 bits per heavy atom. The fourth-order valence-corrected chi connectivity index (χ4v) is 3.15. The Morgan fingerprint density at radius 3 is 2.57 bits per heavy atom. The van der Waals surface area contributed by atoms with E-state index in [-0.39, 0.29) is 0 Å². The molecule has 3 heteroatoms. The number of fused-ring (bicyclic) bond motifs is 3. The zero-order valence-electron chi connectivity index (χ0n) is 13.8. The molecule has 0 saturated carbocycles. The van der Waals surface area contributed by atoms with Crippen LogP contribution in [0.2, 0.25) is 0 Å². The van der Waals surface area contributed by atoms with Crippen LogP contribution in [0.25, 0.3) is 33.3 Å². The normalized spacial score (nSPS) is 11.5. The summed E-state index contributed by atoms with van der Waals surface area (Å²) in [6.45, 7) is 6.23. The van der Waals surface area contributed by atoms with E-state index in [0.29, 0.717) is 5.71 Å². The zero-order valence-corrected chi connectivity index (χ0v) is 13.8. The summed E-state index contributed by atoms with van der Waals surface area (Å²) in [6.07, 6.45) is 2.09. The minimum absolute atomic E-state index is 0.710. The summed E-state index contributed by atoms with van der Waals surface area (Å²) in [5.41, 5.74) is 7.33. The van der Waals surface area contributed by atoms with Gasteiger partial charge in [0.2, 0.25) is 11.4 Å². The lowest BCUT2D eigenvalue weighted by Gasteiger charge is -2.06. The molecule has 23 heavy (non-hydrogen) atoms. The monoisotopic (exact) mass is 303 g/mol. The van der Waals surface area contributed by atoms with Crippen LogP contribution < -0.4 is 4.57 Å². The molecule has 0 fully saturated rings. The van der Waals surface area contributed by atoms with Gasteiger partial charge in [-0.2, -0.15) is 0 Å². The fraction of sp³-hybridized carbons (Fsp3) is 0.200. The number of benzene rings is 1. The highest BCUT2D eigenvalue weighted by molar-refractivity contribution is 6.08. The van der Waals surface area contributed by atoms with Crippen molar-refractivity contribution >= 4 is 22.1 Å². The van der Waals surface area contributed by atoms with Crippen molar-refractivity contribution < 1.29 is 8.98 Å². The van der Waals surface area contributed by atoms with Crippen molar-refractivity contribution in [2.24, 2.45) is 7.05 Å². The maximum Gasteiger partial charge on any atom is 0.227 e. The van der Waals surface area contributed by atoms with Crippen LogP contribution in [0.3, 0.4) is 0 Å². The molecule has 1 aromatic carbocycles. The van der Waals surface area contributed by atoms with Gasteiger partial charge in [-0.3, -0.25) is 0 Å². The first-order valence-electron chi connectivity index (χ1n) is 7.81. The Bertz CT molecular complexity index is 1060. The highest BCUT2D eigenvalue weighted by Gasteiger charge is 2.20. The van der Waals surface area contributed by atoms with Gasteiger partial charge in [0.05, 0.1) is 5.56 Å². The minimum atomic E-state index is 0.710. The lowest BCUT2D eigenvalue weighted by Crippen LogP contribution is -2.30. The van der Waals surface area contributed by atoms with Crippen LogP contribution in [0.4, 0.5) is 0 Å². The molecule has 4 aromatic rings. The Morgan fingerprint density at radius 1 is 0.957 bits per heavy atom. The lowest BCUT2D eigenvalue weighted by atomic mass is 10.00. The van der Waals surface area contributed by atoms with E-state index < -0.39 is 0 Å². The van der Waals surface area contributed by atoms with Crippen LogP contribution in [0, 0.1) is 20.8 Å². The van der Waals surface area contributed by atoms with E-state index in [1.807, 2.05) is 13.0 Å². The van der Waals surface area contributed by atoms with Crippen molar-refractivity contribution in [1.82, 2.24) is 4.98 Å². The summed E-state index contributed by atoms with van der Waals surface area (Å²) in [4.78, 5) is 4.54. The van der Waals surface area contributed by atoms with Crippen LogP contribution in [-0.4, -0.2) is 4.98 Å². The molecule has 3 aromatic heterocycles. The van der Waals surface area contributed by atoms with Gasteiger partial charge >= 0.3 is 0 Å². The Balaban J connectivity index is 2.15. The van der Waals surface area contributed by atoms with Gasteiger partial charge in [0.15, 0.2) is 11.8 Å². The summed E-state index contributed by atoms with van der Waals surface area (Å²) < 4.78 is 8.31. The molecular weight excluding hydrogens is 284 g/mol. The largest absolute Gasteiger partial charge is 0.437 e. The van der Waals surface area contributed by atoms with Gasteiger partial charge in [-0.05, 0) is 44.0 Å². The highest BCUT2D eigenvalue weighted by Crippen LogP contribution is 2.36. The van der Waals surface area contributed by atoms with Crippen LogP contribution in [-0.2, 0) is 7.05 Å². The smallest absolute Gasteiger partial charge is 0.227 e. The first-order chi connectivity index (χ1) is 11.0. The molecule has 0 aliphatic carbocycles. The third-order valence-corrected chi connectivity index (χ3v) is 4.42. The topological polar surface area (TPSA) is 29.9 Å². The number of hydrogen-bond donors (Lipinski definition) is 0. The Hall–Kier alpha value is -2.68. The maximum atomic E-state index is 6.17. The van der Waals surface area contributed by atoms with Gasteiger partial charge in [0.25, 0.3) is 0 Å². The number of rotatable bonds is 1. The molecule has 0 amide bonds. The number of nitrogens with zero attached hydrogens (tertiary/aromatic N) is 2. The average Bonchev–Trinajstić information content (AvgIpc) is 2.87. The van der Waals surface area contributed by atoms with E-state index >= 15 is 0 Å². The van der Waals surface area contributed by atoms with E-state index in [2.05, 4.69) is 67.0 Å². The van der Waals surface area contributed by atoms with E-state index in [4.69, 9.17) is 4.42 Å². The average molecular weight is 303 g/mol.